The highest BCUT2D eigenvalue weighted by molar-refractivity contribution is 6.29. The van der Waals surface area contributed by atoms with E-state index >= 15 is 0 Å². The fourth-order valence-electron chi connectivity index (χ4n) is 1.67. The number of Topliss-reactive ketones (excluding diaryl/α,β-unsaturated/α-hetero) is 1. The number of rotatable bonds is 3. The third kappa shape index (κ3) is 2.04. The van der Waals surface area contributed by atoms with E-state index in [0.29, 0.717) is 23.0 Å². The van der Waals surface area contributed by atoms with E-state index < -0.39 is 0 Å². The number of carbonyl (C=O) groups is 1. The first-order valence-corrected chi connectivity index (χ1v) is 5.23. The summed E-state index contributed by atoms with van der Waals surface area (Å²) in [5.41, 5.74) is 1.48. The Morgan fingerprint density at radius 1 is 1.44 bits per heavy atom. The highest BCUT2D eigenvalue weighted by atomic mass is 35.5. The lowest BCUT2D eigenvalue weighted by Crippen LogP contribution is -1.99. The first kappa shape index (κ1) is 11.0. The second-order valence-electron chi connectivity index (χ2n) is 3.63. The van der Waals surface area contributed by atoms with Crippen molar-refractivity contribution in [1.82, 2.24) is 0 Å². The second kappa shape index (κ2) is 4.18. The topological polar surface area (TPSA) is 39.4 Å². The molecule has 0 aliphatic heterocycles. The molecule has 0 atom stereocenters. The summed E-state index contributed by atoms with van der Waals surface area (Å²) in [6.45, 7) is 1.54. The summed E-state index contributed by atoms with van der Waals surface area (Å²) < 4.78 is 10.5. The quantitative estimate of drug-likeness (QED) is 0.824. The van der Waals surface area contributed by atoms with Gasteiger partial charge >= 0.3 is 0 Å². The van der Waals surface area contributed by atoms with Gasteiger partial charge in [0.05, 0.1) is 7.11 Å². The molecule has 1 aromatic carbocycles. The zero-order valence-electron chi connectivity index (χ0n) is 9.04. The number of hydrogen-bond acceptors (Lipinski definition) is 3. The third-order valence-corrected chi connectivity index (χ3v) is 2.51. The molecule has 0 fully saturated rings. The van der Waals surface area contributed by atoms with E-state index in [-0.39, 0.29) is 5.78 Å². The molecule has 0 unspecified atom stereocenters. The average molecular weight is 239 g/mol. The molecular formula is C12H11ClO3. The molecule has 3 nitrogen and oxygen atoms in total. The first-order chi connectivity index (χ1) is 7.60. The minimum atomic E-state index is 0.0790. The summed E-state index contributed by atoms with van der Waals surface area (Å²) in [6.07, 6.45) is 0.331. The lowest BCUT2D eigenvalue weighted by molar-refractivity contribution is -0.116. The summed E-state index contributed by atoms with van der Waals surface area (Å²) in [6, 6.07) is 5.33. The second-order valence-corrected chi connectivity index (χ2v) is 4.00. The number of fused-ring (bicyclic) bond motifs is 1. The van der Waals surface area contributed by atoms with Crippen LogP contribution in [-0.2, 0) is 11.2 Å². The molecule has 0 saturated carbocycles. The van der Waals surface area contributed by atoms with E-state index in [1.54, 1.807) is 26.2 Å². The molecule has 0 spiro atoms. The molecule has 0 aliphatic carbocycles. The van der Waals surface area contributed by atoms with Gasteiger partial charge in [-0.05, 0) is 30.7 Å². The molecule has 1 aromatic heterocycles. The number of benzene rings is 1. The van der Waals surface area contributed by atoms with Gasteiger partial charge in [0.15, 0.2) is 5.22 Å². The standard InChI is InChI=1S/C12H11ClO3/c1-7(14)3-8-5-11-9(4-10(8)15-2)6-12(13)16-11/h4-6H,3H2,1-2H3. The molecule has 0 amide bonds. The zero-order chi connectivity index (χ0) is 11.7. The van der Waals surface area contributed by atoms with E-state index in [1.165, 1.54) is 0 Å². The Kier molecular flexibility index (Phi) is 2.88. The van der Waals surface area contributed by atoms with Crippen LogP contribution >= 0.6 is 11.6 Å². The lowest BCUT2D eigenvalue weighted by atomic mass is 10.1. The number of methoxy groups -OCH3 is 1. The van der Waals surface area contributed by atoms with Crippen LogP contribution in [0.3, 0.4) is 0 Å². The molecule has 4 heteroatoms. The van der Waals surface area contributed by atoms with Crippen LogP contribution in [0.1, 0.15) is 12.5 Å². The van der Waals surface area contributed by atoms with Crippen molar-refractivity contribution in [2.75, 3.05) is 7.11 Å². The van der Waals surface area contributed by atoms with E-state index in [0.717, 1.165) is 10.9 Å². The van der Waals surface area contributed by atoms with Gasteiger partial charge in [-0.15, -0.1) is 0 Å². The van der Waals surface area contributed by atoms with Crippen molar-refractivity contribution in [3.05, 3.63) is 29.0 Å². The Hall–Kier alpha value is -1.48. The van der Waals surface area contributed by atoms with Crippen LogP contribution in [0.25, 0.3) is 11.0 Å². The van der Waals surface area contributed by atoms with Crippen molar-refractivity contribution < 1.29 is 13.9 Å². The van der Waals surface area contributed by atoms with Crippen molar-refractivity contribution in [1.29, 1.82) is 0 Å². The smallest absolute Gasteiger partial charge is 0.194 e. The monoisotopic (exact) mass is 238 g/mol. The Balaban J connectivity index is 2.57. The van der Waals surface area contributed by atoms with Crippen molar-refractivity contribution in [3.63, 3.8) is 0 Å². The maximum atomic E-state index is 11.1. The largest absolute Gasteiger partial charge is 0.496 e. The van der Waals surface area contributed by atoms with Gasteiger partial charge in [-0.2, -0.15) is 0 Å². The fraction of sp³-hybridized carbons (Fsp3) is 0.250. The Bertz CT molecular complexity index is 542. The van der Waals surface area contributed by atoms with Gasteiger partial charge in [-0.25, -0.2) is 0 Å². The first-order valence-electron chi connectivity index (χ1n) is 4.85. The van der Waals surface area contributed by atoms with Crippen LogP contribution < -0.4 is 4.74 Å². The van der Waals surface area contributed by atoms with Crippen LogP contribution in [-0.4, -0.2) is 12.9 Å². The number of halogens is 1. The minimum absolute atomic E-state index is 0.0790. The van der Waals surface area contributed by atoms with Crippen LogP contribution in [0, 0.1) is 0 Å². The molecule has 1 heterocycles. The van der Waals surface area contributed by atoms with Gasteiger partial charge in [-0.3, -0.25) is 4.79 Å². The predicted octanol–water partition coefficient (Wildman–Crippen LogP) is 3.23. The molecule has 2 aromatic rings. The summed E-state index contributed by atoms with van der Waals surface area (Å²) in [7, 11) is 1.58. The number of carbonyl (C=O) groups excluding carboxylic acids is 1. The fourth-order valence-corrected chi connectivity index (χ4v) is 1.87. The molecule has 2 rings (SSSR count). The van der Waals surface area contributed by atoms with Gasteiger partial charge in [0.2, 0.25) is 0 Å². The lowest BCUT2D eigenvalue weighted by Gasteiger charge is -2.06. The summed E-state index contributed by atoms with van der Waals surface area (Å²) in [5.74, 6) is 0.760. The Morgan fingerprint density at radius 3 is 2.81 bits per heavy atom. The molecule has 84 valence electrons. The normalized spacial score (nSPS) is 10.7. The van der Waals surface area contributed by atoms with Crippen molar-refractivity contribution in [2.24, 2.45) is 0 Å². The highest BCUT2D eigenvalue weighted by Gasteiger charge is 2.10. The van der Waals surface area contributed by atoms with Crippen molar-refractivity contribution in [2.45, 2.75) is 13.3 Å². The van der Waals surface area contributed by atoms with E-state index in [9.17, 15) is 4.79 Å². The van der Waals surface area contributed by atoms with Gasteiger partial charge in [0.1, 0.15) is 17.1 Å². The summed E-state index contributed by atoms with van der Waals surface area (Å²) in [5, 5.41) is 1.20. The van der Waals surface area contributed by atoms with E-state index in [2.05, 4.69) is 0 Å². The Labute approximate surface area is 97.9 Å². The third-order valence-electron chi connectivity index (χ3n) is 2.33. The minimum Gasteiger partial charge on any atom is -0.496 e. The SMILES string of the molecule is COc1cc2cc(Cl)oc2cc1CC(C)=O. The molecule has 16 heavy (non-hydrogen) atoms. The molecular weight excluding hydrogens is 228 g/mol. The number of ketones is 1. The molecule has 0 N–H and O–H groups in total. The summed E-state index contributed by atoms with van der Waals surface area (Å²) >= 11 is 5.76. The van der Waals surface area contributed by atoms with Crippen LogP contribution in [0.4, 0.5) is 0 Å². The maximum absolute atomic E-state index is 11.1. The van der Waals surface area contributed by atoms with Gasteiger partial charge < -0.3 is 9.15 Å². The van der Waals surface area contributed by atoms with E-state index in [1.807, 2.05) is 6.07 Å². The average Bonchev–Trinajstić information content (AvgIpc) is 2.55. The van der Waals surface area contributed by atoms with Crippen LogP contribution in [0.2, 0.25) is 5.22 Å². The van der Waals surface area contributed by atoms with Crippen LogP contribution in [0.15, 0.2) is 22.6 Å². The maximum Gasteiger partial charge on any atom is 0.194 e. The zero-order valence-corrected chi connectivity index (χ0v) is 9.80. The van der Waals surface area contributed by atoms with Crippen molar-refractivity contribution >= 4 is 28.4 Å². The summed E-state index contributed by atoms with van der Waals surface area (Å²) in [4.78, 5) is 11.1. The number of furan rings is 1. The van der Waals surface area contributed by atoms with Gasteiger partial charge in [0.25, 0.3) is 0 Å². The number of hydrogen-bond donors (Lipinski definition) is 0. The van der Waals surface area contributed by atoms with Gasteiger partial charge in [0, 0.05) is 23.4 Å². The molecule has 0 radical (unpaired) electrons. The highest BCUT2D eigenvalue weighted by Crippen LogP contribution is 2.30. The van der Waals surface area contributed by atoms with Crippen LogP contribution in [0.5, 0.6) is 5.75 Å². The number of ether oxygens (including phenoxy) is 1. The van der Waals surface area contributed by atoms with Gasteiger partial charge in [-0.1, -0.05) is 0 Å². The predicted molar refractivity (Wildman–Crippen MR) is 62.2 cm³/mol. The molecule has 0 bridgehead atoms. The molecule has 0 saturated heterocycles. The Morgan fingerprint density at radius 2 is 2.19 bits per heavy atom. The van der Waals surface area contributed by atoms with Crippen molar-refractivity contribution in [3.8, 4) is 5.75 Å². The van der Waals surface area contributed by atoms with E-state index in [4.69, 9.17) is 20.8 Å². The molecule has 0 aliphatic rings.